The van der Waals surface area contributed by atoms with Gasteiger partial charge in [-0.3, -0.25) is 0 Å². The molecule has 1 aliphatic rings. The van der Waals surface area contributed by atoms with Gasteiger partial charge in [-0.1, -0.05) is 26.0 Å². The molecule has 150 valence electrons. The van der Waals surface area contributed by atoms with Gasteiger partial charge in [0, 0.05) is 24.5 Å². The third-order valence-corrected chi connectivity index (χ3v) is 6.65. The van der Waals surface area contributed by atoms with Crippen molar-refractivity contribution >= 4 is 38.7 Å². The molecule has 0 bridgehead atoms. The third kappa shape index (κ3) is 5.08. The lowest BCUT2D eigenvalue weighted by Crippen LogP contribution is -2.40. The summed E-state index contributed by atoms with van der Waals surface area (Å²) in [5.74, 6) is 0.434. The lowest BCUT2D eigenvalue weighted by Gasteiger charge is -2.26. The molecule has 2 aromatic rings. The summed E-state index contributed by atoms with van der Waals surface area (Å²) in [5.41, 5.74) is 2.86. The first-order valence-electron chi connectivity index (χ1n) is 9.22. The fraction of sp³-hybridized carbons (Fsp3) is 0.350. The van der Waals surface area contributed by atoms with Crippen molar-refractivity contribution < 1.29 is 13.2 Å². The average Bonchev–Trinajstić information content (AvgIpc) is 2.69. The average molecular weight is 420 g/mol. The molecular weight excluding hydrogens is 394 g/mol. The van der Waals surface area contributed by atoms with Crippen molar-refractivity contribution in [3.8, 4) is 0 Å². The fourth-order valence-electron chi connectivity index (χ4n) is 2.92. The molecule has 2 aromatic carbocycles. The maximum atomic E-state index is 12.7. The molecule has 2 N–H and O–H groups in total. The Morgan fingerprint density at radius 2 is 1.68 bits per heavy atom. The maximum absolute atomic E-state index is 12.7. The van der Waals surface area contributed by atoms with Crippen molar-refractivity contribution in [1.82, 2.24) is 4.31 Å². The summed E-state index contributed by atoms with van der Waals surface area (Å²) < 4.78 is 32.0. The van der Waals surface area contributed by atoms with E-state index in [2.05, 4.69) is 36.6 Å². The molecule has 28 heavy (non-hydrogen) atoms. The Morgan fingerprint density at radius 3 is 2.32 bits per heavy atom. The molecule has 0 aliphatic carbocycles. The van der Waals surface area contributed by atoms with Crippen molar-refractivity contribution in [3.05, 3.63) is 54.1 Å². The molecule has 1 fully saturated rings. The van der Waals surface area contributed by atoms with Crippen molar-refractivity contribution in [2.75, 3.05) is 36.9 Å². The number of rotatable bonds is 5. The van der Waals surface area contributed by atoms with Crippen LogP contribution in [0.15, 0.2) is 53.4 Å². The van der Waals surface area contributed by atoms with Crippen molar-refractivity contribution in [1.29, 1.82) is 0 Å². The van der Waals surface area contributed by atoms with E-state index in [0.717, 1.165) is 11.4 Å². The fourth-order valence-corrected chi connectivity index (χ4v) is 4.56. The number of sulfonamides is 1. The number of benzene rings is 2. The van der Waals surface area contributed by atoms with E-state index >= 15 is 0 Å². The zero-order chi connectivity index (χ0) is 20.1. The van der Waals surface area contributed by atoms with Crippen LogP contribution in [0.4, 0.5) is 11.4 Å². The van der Waals surface area contributed by atoms with Crippen LogP contribution in [0, 0.1) is 0 Å². The van der Waals surface area contributed by atoms with Crippen molar-refractivity contribution in [2.24, 2.45) is 0 Å². The largest absolute Gasteiger partial charge is 0.379 e. The van der Waals surface area contributed by atoms with Gasteiger partial charge in [-0.25, -0.2) is 8.42 Å². The lowest BCUT2D eigenvalue weighted by molar-refractivity contribution is 0.0730. The van der Waals surface area contributed by atoms with Crippen LogP contribution in [-0.4, -0.2) is 44.1 Å². The first-order chi connectivity index (χ1) is 13.4. The first kappa shape index (κ1) is 20.7. The van der Waals surface area contributed by atoms with Crippen LogP contribution < -0.4 is 10.6 Å². The van der Waals surface area contributed by atoms with Crippen molar-refractivity contribution in [2.45, 2.75) is 24.7 Å². The highest BCUT2D eigenvalue weighted by Gasteiger charge is 2.26. The zero-order valence-corrected chi connectivity index (χ0v) is 17.6. The number of ether oxygens (including phenoxy) is 1. The Morgan fingerprint density at radius 1 is 1.04 bits per heavy atom. The molecule has 1 heterocycles. The molecule has 6 nitrogen and oxygen atoms in total. The molecule has 0 aromatic heterocycles. The molecule has 0 amide bonds. The summed E-state index contributed by atoms with van der Waals surface area (Å²) in [7, 11) is -3.49. The molecule has 0 spiro atoms. The van der Waals surface area contributed by atoms with E-state index in [4.69, 9.17) is 17.0 Å². The van der Waals surface area contributed by atoms with Crippen LogP contribution in [0.25, 0.3) is 0 Å². The van der Waals surface area contributed by atoms with Crippen LogP contribution in [0.1, 0.15) is 25.3 Å². The normalized spacial score (nSPS) is 15.4. The highest BCUT2D eigenvalue weighted by molar-refractivity contribution is 7.89. The molecule has 0 atom stereocenters. The van der Waals surface area contributed by atoms with E-state index in [1.807, 2.05) is 12.1 Å². The second-order valence-corrected chi connectivity index (χ2v) is 9.25. The molecule has 0 radical (unpaired) electrons. The highest BCUT2D eigenvalue weighted by atomic mass is 32.2. The van der Waals surface area contributed by atoms with Gasteiger partial charge in [0.1, 0.15) is 0 Å². The van der Waals surface area contributed by atoms with E-state index in [1.54, 1.807) is 24.3 Å². The van der Waals surface area contributed by atoms with Gasteiger partial charge in [-0.05, 0) is 60.1 Å². The number of hydrogen-bond acceptors (Lipinski definition) is 4. The van der Waals surface area contributed by atoms with Gasteiger partial charge < -0.3 is 15.4 Å². The van der Waals surface area contributed by atoms with Gasteiger partial charge in [0.05, 0.1) is 18.1 Å². The van der Waals surface area contributed by atoms with Crippen LogP contribution >= 0.6 is 12.2 Å². The van der Waals surface area contributed by atoms with Crippen molar-refractivity contribution in [3.63, 3.8) is 0 Å². The van der Waals surface area contributed by atoms with Crippen LogP contribution in [0.5, 0.6) is 0 Å². The predicted octanol–water partition coefficient (Wildman–Crippen LogP) is 3.64. The maximum Gasteiger partial charge on any atom is 0.243 e. The SMILES string of the molecule is CC(C)c1cccc(NC(=S)Nc2ccc(S(=O)(=O)N3CCOCC3)cc2)c1. The Labute approximate surface area is 171 Å². The number of morpholine rings is 1. The number of thiocarbonyl (C=S) groups is 1. The third-order valence-electron chi connectivity index (χ3n) is 4.53. The van der Waals surface area contributed by atoms with Crippen LogP contribution in [0.2, 0.25) is 0 Å². The molecule has 1 aliphatic heterocycles. The van der Waals surface area contributed by atoms with Gasteiger partial charge in [0.15, 0.2) is 5.11 Å². The zero-order valence-electron chi connectivity index (χ0n) is 16.0. The summed E-state index contributed by atoms with van der Waals surface area (Å²) >= 11 is 5.37. The first-order valence-corrected chi connectivity index (χ1v) is 11.1. The van der Waals surface area contributed by atoms with E-state index in [9.17, 15) is 8.42 Å². The lowest BCUT2D eigenvalue weighted by atomic mass is 10.0. The standard InChI is InChI=1S/C20H25N3O3S2/c1-15(2)16-4-3-5-18(14-16)22-20(27)21-17-6-8-19(9-7-17)28(24,25)23-10-12-26-13-11-23/h3-9,14-15H,10-13H2,1-2H3,(H2,21,22,27). The summed E-state index contributed by atoms with van der Waals surface area (Å²) in [5, 5.41) is 6.70. The van der Waals surface area contributed by atoms with Gasteiger partial charge in [-0.2, -0.15) is 4.31 Å². The van der Waals surface area contributed by atoms with E-state index in [-0.39, 0.29) is 4.90 Å². The van der Waals surface area contributed by atoms with E-state index in [1.165, 1.54) is 9.87 Å². The quantitative estimate of drug-likeness (QED) is 0.721. The number of nitrogens with one attached hydrogen (secondary N) is 2. The minimum Gasteiger partial charge on any atom is -0.379 e. The molecule has 0 unspecified atom stereocenters. The summed E-state index contributed by atoms with van der Waals surface area (Å²) in [6, 6.07) is 14.7. The molecular formula is C20H25N3O3S2. The van der Waals surface area contributed by atoms with Gasteiger partial charge in [0.2, 0.25) is 10.0 Å². The Hall–Kier alpha value is -2.00. The Balaban J connectivity index is 1.64. The highest BCUT2D eigenvalue weighted by Crippen LogP contribution is 2.21. The van der Waals surface area contributed by atoms with Gasteiger partial charge in [-0.15, -0.1) is 0 Å². The molecule has 0 saturated carbocycles. The molecule has 8 heteroatoms. The number of hydrogen-bond donors (Lipinski definition) is 2. The molecule has 1 saturated heterocycles. The second-order valence-electron chi connectivity index (χ2n) is 6.90. The summed E-state index contributed by atoms with van der Waals surface area (Å²) in [4.78, 5) is 0.267. The topological polar surface area (TPSA) is 70.7 Å². The van der Waals surface area contributed by atoms with Crippen LogP contribution in [0.3, 0.4) is 0 Å². The van der Waals surface area contributed by atoms with Gasteiger partial charge >= 0.3 is 0 Å². The summed E-state index contributed by atoms with van der Waals surface area (Å²) in [6.45, 7) is 5.90. The Kier molecular flexibility index (Phi) is 6.66. The monoisotopic (exact) mass is 419 g/mol. The van der Waals surface area contributed by atoms with E-state index in [0.29, 0.717) is 37.3 Å². The number of anilines is 2. The second kappa shape index (κ2) is 9.00. The smallest absolute Gasteiger partial charge is 0.243 e. The number of nitrogens with zero attached hydrogens (tertiary/aromatic N) is 1. The minimum atomic E-state index is -3.49. The molecule has 3 rings (SSSR count). The van der Waals surface area contributed by atoms with Gasteiger partial charge in [0.25, 0.3) is 0 Å². The summed E-state index contributed by atoms with van der Waals surface area (Å²) in [6.07, 6.45) is 0. The Bertz CT molecular complexity index is 922. The minimum absolute atomic E-state index is 0.267. The van der Waals surface area contributed by atoms with E-state index < -0.39 is 10.0 Å². The predicted molar refractivity (Wildman–Crippen MR) is 116 cm³/mol. The van der Waals surface area contributed by atoms with Crippen LogP contribution in [-0.2, 0) is 14.8 Å².